The maximum absolute atomic E-state index is 12.5. The number of halogens is 1. The van der Waals surface area contributed by atoms with Gasteiger partial charge in [0, 0.05) is 59.1 Å². The van der Waals surface area contributed by atoms with Gasteiger partial charge in [-0.1, -0.05) is 18.2 Å². The normalized spacial score (nSPS) is 16.5. The number of piperidine rings is 1. The number of rotatable bonds is 6. The van der Waals surface area contributed by atoms with E-state index in [0.717, 1.165) is 48.4 Å². The van der Waals surface area contributed by atoms with Gasteiger partial charge in [0.15, 0.2) is 5.65 Å². The topological polar surface area (TPSA) is 95.2 Å². The number of amides is 1. The van der Waals surface area contributed by atoms with Crippen LogP contribution >= 0.6 is 22.9 Å². The van der Waals surface area contributed by atoms with Crippen molar-refractivity contribution in [3.05, 3.63) is 72.4 Å². The minimum atomic E-state index is -0.152. The Morgan fingerprint density at radius 2 is 1.91 bits per heavy atom. The van der Waals surface area contributed by atoms with Gasteiger partial charge in [0.25, 0.3) is 5.91 Å². The van der Waals surface area contributed by atoms with Crippen LogP contribution in [0.4, 0.5) is 17.1 Å². The van der Waals surface area contributed by atoms with Crippen LogP contribution in [-0.2, 0) is 0 Å². The second-order valence-corrected chi connectivity index (χ2v) is 9.25. The maximum Gasteiger partial charge on any atom is 0.255 e. The lowest BCUT2D eigenvalue weighted by atomic mass is 10.1. The predicted octanol–water partition coefficient (Wildman–Crippen LogP) is 5.15. The molecule has 168 valence electrons. The molecule has 33 heavy (non-hydrogen) atoms. The van der Waals surface area contributed by atoms with Crippen LogP contribution in [-0.4, -0.2) is 43.4 Å². The minimum Gasteiger partial charge on any atom is -0.471 e. The summed E-state index contributed by atoms with van der Waals surface area (Å²) >= 11 is 2.34. The Bertz CT molecular complexity index is 1250. The molecule has 8 nitrogen and oxygen atoms in total. The molecule has 0 aliphatic carbocycles. The van der Waals surface area contributed by atoms with Crippen LogP contribution in [0.15, 0.2) is 66.9 Å². The van der Waals surface area contributed by atoms with E-state index >= 15 is 0 Å². The van der Waals surface area contributed by atoms with E-state index in [1.165, 1.54) is 0 Å². The van der Waals surface area contributed by atoms with Gasteiger partial charge in [0.2, 0.25) is 5.88 Å². The molecule has 3 N–H and O–H groups in total. The number of hydrogen-bond donors (Lipinski definition) is 3. The fourth-order valence-electron chi connectivity index (χ4n) is 3.85. The molecule has 2 aromatic heterocycles. The number of nitrogens with zero attached hydrogens (tertiary/aromatic N) is 3. The van der Waals surface area contributed by atoms with Gasteiger partial charge in [-0.05, 0) is 55.3 Å². The number of ether oxygens (including phenoxy) is 1. The summed E-state index contributed by atoms with van der Waals surface area (Å²) in [6.45, 7) is 1.94. The van der Waals surface area contributed by atoms with Crippen molar-refractivity contribution in [3.63, 3.8) is 0 Å². The summed E-state index contributed by atoms with van der Waals surface area (Å²) in [4.78, 5) is 16.9. The SMILES string of the molecule is O=C(Nc1ccccc1)c1ccc(Nc2ccnc3[nH]nc(OC4CCCN(I)C4)c23)cc1. The molecule has 0 spiro atoms. The van der Waals surface area contributed by atoms with Crippen molar-refractivity contribution in [3.8, 4) is 5.88 Å². The number of fused-ring (bicyclic) bond motifs is 1. The van der Waals surface area contributed by atoms with Crippen molar-refractivity contribution in [2.75, 3.05) is 23.7 Å². The second kappa shape index (κ2) is 9.75. The Labute approximate surface area is 205 Å². The third-order valence-corrected chi connectivity index (χ3v) is 6.37. The number of nitrogens with one attached hydrogen (secondary N) is 3. The molecule has 0 radical (unpaired) electrons. The van der Waals surface area contributed by atoms with Crippen LogP contribution in [0.1, 0.15) is 23.2 Å². The molecule has 2 aromatic carbocycles. The summed E-state index contributed by atoms with van der Waals surface area (Å²) in [5.41, 5.74) is 3.70. The lowest BCUT2D eigenvalue weighted by molar-refractivity contribution is 0.102. The Kier molecular flexibility index (Phi) is 6.40. The first-order chi connectivity index (χ1) is 16.2. The average Bonchev–Trinajstić information content (AvgIpc) is 3.24. The van der Waals surface area contributed by atoms with Crippen molar-refractivity contribution in [2.24, 2.45) is 0 Å². The van der Waals surface area contributed by atoms with Gasteiger partial charge >= 0.3 is 0 Å². The first kappa shape index (κ1) is 21.7. The highest BCUT2D eigenvalue weighted by Crippen LogP contribution is 2.32. The number of hydrogen-bond acceptors (Lipinski definition) is 6. The van der Waals surface area contributed by atoms with E-state index in [-0.39, 0.29) is 12.0 Å². The first-order valence-electron chi connectivity index (χ1n) is 10.8. The van der Waals surface area contributed by atoms with E-state index < -0.39 is 0 Å². The molecule has 1 unspecified atom stereocenters. The number of aromatic amines is 1. The Balaban J connectivity index is 1.32. The Morgan fingerprint density at radius 1 is 1.09 bits per heavy atom. The maximum atomic E-state index is 12.5. The fraction of sp³-hybridized carbons (Fsp3) is 0.208. The van der Waals surface area contributed by atoms with Gasteiger partial charge in [-0.3, -0.25) is 9.89 Å². The Hall–Kier alpha value is -3.18. The molecule has 5 rings (SSSR count). The van der Waals surface area contributed by atoms with Crippen LogP contribution < -0.4 is 15.4 Å². The molecule has 1 amide bonds. The zero-order valence-electron chi connectivity index (χ0n) is 17.8. The van der Waals surface area contributed by atoms with E-state index in [4.69, 9.17) is 4.74 Å². The zero-order valence-corrected chi connectivity index (χ0v) is 20.0. The summed E-state index contributed by atoms with van der Waals surface area (Å²) in [6.07, 6.45) is 3.92. The van der Waals surface area contributed by atoms with E-state index in [1.54, 1.807) is 18.3 Å². The quantitative estimate of drug-likeness (QED) is 0.226. The summed E-state index contributed by atoms with van der Waals surface area (Å²) < 4.78 is 8.49. The summed E-state index contributed by atoms with van der Waals surface area (Å²) in [5, 5.41) is 14.5. The number of aromatic nitrogens is 3. The number of pyridine rings is 1. The smallest absolute Gasteiger partial charge is 0.255 e. The van der Waals surface area contributed by atoms with E-state index in [1.807, 2.05) is 48.5 Å². The summed E-state index contributed by atoms with van der Waals surface area (Å²) in [6, 6.07) is 18.6. The molecule has 1 fully saturated rings. The molecule has 1 aliphatic heterocycles. The number of benzene rings is 2. The van der Waals surface area contributed by atoms with Crippen molar-refractivity contribution < 1.29 is 9.53 Å². The van der Waals surface area contributed by atoms with Crippen molar-refractivity contribution in [2.45, 2.75) is 18.9 Å². The largest absolute Gasteiger partial charge is 0.471 e. The second-order valence-electron chi connectivity index (χ2n) is 7.88. The highest BCUT2D eigenvalue weighted by atomic mass is 127. The molecular formula is C24H23IN6O2. The predicted molar refractivity (Wildman–Crippen MR) is 137 cm³/mol. The molecule has 1 aliphatic rings. The van der Waals surface area contributed by atoms with Gasteiger partial charge in [0.1, 0.15) is 11.5 Å². The molecule has 1 atom stereocenters. The lowest BCUT2D eigenvalue weighted by Gasteiger charge is -2.27. The van der Waals surface area contributed by atoms with Crippen LogP contribution in [0.25, 0.3) is 11.0 Å². The number of H-pyrrole nitrogens is 1. The van der Waals surface area contributed by atoms with Gasteiger partial charge in [-0.25, -0.2) is 8.10 Å². The fourth-order valence-corrected chi connectivity index (χ4v) is 4.63. The molecule has 1 saturated heterocycles. The van der Waals surface area contributed by atoms with Crippen LogP contribution in [0.2, 0.25) is 0 Å². The summed E-state index contributed by atoms with van der Waals surface area (Å²) in [5.74, 6) is 0.400. The highest BCUT2D eigenvalue weighted by molar-refractivity contribution is 14.1. The van der Waals surface area contributed by atoms with Crippen LogP contribution in [0, 0.1) is 0 Å². The van der Waals surface area contributed by atoms with Gasteiger partial charge in [0.05, 0.1) is 5.69 Å². The van der Waals surface area contributed by atoms with Crippen molar-refractivity contribution in [1.82, 2.24) is 18.3 Å². The average molecular weight is 554 g/mol. The van der Waals surface area contributed by atoms with Crippen LogP contribution in [0.5, 0.6) is 5.88 Å². The first-order valence-corrected chi connectivity index (χ1v) is 11.8. The molecule has 4 aromatic rings. The third-order valence-electron chi connectivity index (χ3n) is 5.49. The zero-order chi connectivity index (χ0) is 22.6. The number of para-hydroxylation sites is 1. The molecule has 0 saturated carbocycles. The number of anilines is 3. The van der Waals surface area contributed by atoms with E-state index in [9.17, 15) is 4.79 Å². The molecule has 3 heterocycles. The van der Waals surface area contributed by atoms with E-state index in [0.29, 0.717) is 17.1 Å². The van der Waals surface area contributed by atoms with E-state index in [2.05, 4.69) is 51.8 Å². The van der Waals surface area contributed by atoms with Crippen molar-refractivity contribution in [1.29, 1.82) is 0 Å². The number of carbonyl (C=O) groups is 1. The molecule has 0 bridgehead atoms. The highest BCUT2D eigenvalue weighted by Gasteiger charge is 2.22. The van der Waals surface area contributed by atoms with Gasteiger partial charge in [-0.15, -0.1) is 5.10 Å². The molecule has 9 heteroatoms. The van der Waals surface area contributed by atoms with Crippen molar-refractivity contribution >= 4 is 56.9 Å². The van der Waals surface area contributed by atoms with Gasteiger partial charge < -0.3 is 15.4 Å². The van der Waals surface area contributed by atoms with Crippen LogP contribution in [0.3, 0.4) is 0 Å². The minimum absolute atomic E-state index is 0.0950. The Morgan fingerprint density at radius 3 is 2.70 bits per heavy atom. The lowest BCUT2D eigenvalue weighted by Crippen LogP contribution is -2.35. The molecular weight excluding hydrogens is 531 g/mol. The standard InChI is InChI=1S/C24H23IN6O2/c25-31-14-4-7-19(15-31)33-24-21-20(12-13-26-22(21)29-30-24)27-18-10-8-16(9-11-18)23(32)28-17-5-2-1-3-6-17/h1-3,5-6,8-13,19H,4,7,14-15H2,(H,28,32)(H2,26,27,29,30). The third kappa shape index (κ3) is 5.09. The summed E-state index contributed by atoms with van der Waals surface area (Å²) in [7, 11) is 0. The monoisotopic (exact) mass is 554 g/mol. The number of carbonyl (C=O) groups excluding carboxylic acids is 1. The van der Waals surface area contributed by atoms with Gasteiger partial charge in [-0.2, -0.15) is 0 Å².